The number of amides is 4. The minimum Gasteiger partial charge on any atom is -0.318 e. The highest BCUT2D eigenvalue weighted by molar-refractivity contribution is 7.89. The number of nitrogens with zero attached hydrogens (tertiary/aromatic N) is 2. The third kappa shape index (κ3) is 3.87. The number of nitrogens with one attached hydrogen (secondary N) is 2. The standard InChI is InChI=1S/C22H24N4O5S/c1-22(17-8-4-2-5-9-17)20(28)26(21(29)23-22)24-19(27)16-12-14-25(15-13-16)32(30,31)18-10-6-3-7-11-18/h2-11,16H,12-15H2,1H3,(H,23,29)(H,24,27)/t22-/m0/s1. The molecule has 4 rings (SSSR count). The summed E-state index contributed by atoms with van der Waals surface area (Å²) < 4.78 is 26.9. The van der Waals surface area contributed by atoms with E-state index in [4.69, 9.17) is 0 Å². The molecule has 9 nitrogen and oxygen atoms in total. The van der Waals surface area contributed by atoms with Crippen LogP contribution >= 0.6 is 0 Å². The number of hydrazine groups is 1. The molecular formula is C22H24N4O5S. The Kier molecular flexibility index (Phi) is 5.74. The zero-order chi connectivity index (χ0) is 22.9. The van der Waals surface area contributed by atoms with Gasteiger partial charge in [0.2, 0.25) is 15.9 Å². The molecular weight excluding hydrogens is 432 g/mol. The normalized spacial score (nSPS) is 22.6. The number of urea groups is 1. The van der Waals surface area contributed by atoms with Gasteiger partial charge in [0.1, 0.15) is 5.54 Å². The Morgan fingerprint density at radius 2 is 1.56 bits per heavy atom. The van der Waals surface area contributed by atoms with Crippen LogP contribution in [0.15, 0.2) is 65.6 Å². The number of rotatable bonds is 5. The second-order valence-electron chi connectivity index (χ2n) is 8.03. The lowest BCUT2D eigenvalue weighted by molar-refractivity contribution is -0.141. The van der Waals surface area contributed by atoms with E-state index < -0.39 is 39.3 Å². The number of hydrogen-bond donors (Lipinski definition) is 2. The molecule has 2 heterocycles. The van der Waals surface area contributed by atoms with E-state index in [2.05, 4.69) is 10.7 Å². The van der Waals surface area contributed by atoms with Gasteiger partial charge in [-0.1, -0.05) is 48.5 Å². The molecule has 0 bridgehead atoms. The average molecular weight is 457 g/mol. The van der Waals surface area contributed by atoms with Crippen molar-refractivity contribution in [1.29, 1.82) is 0 Å². The van der Waals surface area contributed by atoms with Crippen LogP contribution in [0, 0.1) is 5.92 Å². The Bertz CT molecular complexity index is 1130. The van der Waals surface area contributed by atoms with Gasteiger partial charge in [0.05, 0.1) is 4.90 Å². The van der Waals surface area contributed by atoms with Gasteiger partial charge in [-0.2, -0.15) is 9.31 Å². The van der Waals surface area contributed by atoms with Crippen molar-refractivity contribution in [2.75, 3.05) is 13.1 Å². The minimum atomic E-state index is -3.62. The lowest BCUT2D eigenvalue weighted by Crippen LogP contribution is -2.51. The first kappa shape index (κ1) is 22.0. The molecule has 32 heavy (non-hydrogen) atoms. The van der Waals surface area contributed by atoms with Crippen LogP contribution in [0.5, 0.6) is 0 Å². The molecule has 0 spiro atoms. The van der Waals surface area contributed by atoms with Crippen molar-refractivity contribution >= 4 is 27.9 Å². The smallest absolute Gasteiger partial charge is 0.318 e. The first-order chi connectivity index (χ1) is 15.2. The van der Waals surface area contributed by atoms with Crippen LogP contribution in [-0.2, 0) is 25.2 Å². The molecule has 2 aliphatic heterocycles. The van der Waals surface area contributed by atoms with Gasteiger partial charge in [0.25, 0.3) is 5.91 Å². The number of sulfonamides is 1. The van der Waals surface area contributed by atoms with Gasteiger partial charge in [-0.05, 0) is 37.5 Å². The van der Waals surface area contributed by atoms with E-state index >= 15 is 0 Å². The fraction of sp³-hybridized carbons (Fsp3) is 0.318. The maximum atomic E-state index is 12.9. The molecule has 2 N–H and O–H groups in total. The summed E-state index contributed by atoms with van der Waals surface area (Å²) in [5.74, 6) is -1.57. The Hall–Kier alpha value is -3.24. The van der Waals surface area contributed by atoms with Crippen molar-refractivity contribution in [3.8, 4) is 0 Å². The quantitative estimate of drug-likeness (QED) is 0.663. The molecule has 10 heteroatoms. The number of piperidine rings is 1. The number of carbonyl (C=O) groups is 3. The molecule has 2 aromatic carbocycles. The molecule has 2 fully saturated rings. The Labute approximate surface area is 186 Å². The molecule has 2 saturated heterocycles. The topological polar surface area (TPSA) is 116 Å². The molecule has 0 aliphatic carbocycles. The summed E-state index contributed by atoms with van der Waals surface area (Å²) in [5.41, 5.74) is 1.75. The van der Waals surface area contributed by atoms with Gasteiger partial charge in [-0.25, -0.2) is 13.2 Å². The van der Waals surface area contributed by atoms with E-state index in [1.165, 1.54) is 16.4 Å². The van der Waals surface area contributed by atoms with E-state index in [-0.39, 0.29) is 30.8 Å². The summed E-state index contributed by atoms with van der Waals surface area (Å²) in [7, 11) is -3.62. The third-order valence-corrected chi connectivity index (χ3v) is 7.88. The molecule has 168 valence electrons. The molecule has 0 saturated carbocycles. The lowest BCUT2D eigenvalue weighted by atomic mass is 9.92. The van der Waals surface area contributed by atoms with Gasteiger partial charge in [-0.3, -0.25) is 15.0 Å². The summed E-state index contributed by atoms with van der Waals surface area (Å²) in [6.07, 6.45) is 0.578. The van der Waals surface area contributed by atoms with Crippen LogP contribution in [0.3, 0.4) is 0 Å². The SMILES string of the molecule is C[C@@]1(c2ccccc2)NC(=O)N(NC(=O)C2CCN(S(=O)(=O)c3ccccc3)CC2)C1=O. The molecule has 0 aromatic heterocycles. The number of hydrogen-bond acceptors (Lipinski definition) is 5. The van der Waals surface area contributed by atoms with E-state index in [9.17, 15) is 22.8 Å². The van der Waals surface area contributed by atoms with E-state index in [0.29, 0.717) is 10.6 Å². The van der Waals surface area contributed by atoms with Crippen molar-refractivity contribution in [2.24, 2.45) is 5.92 Å². The zero-order valence-corrected chi connectivity index (χ0v) is 18.3. The van der Waals surface area contributed by atoms with Gasteiger partial charge in [0, 0.05) is 19.0 Å². The fourth-order valence-electron chi connectivity index (χ4n) is 4.01. The summed E-state index contributed by atoms with van der Waals surface area (Å²) >= 11 is 0. The zero-order valence-electron chi connectivity index (χ0n) is 17.5. The van der Waals surface area contributed by atoms with Gasteiger partial charge >= 0.3 is 6.03 Å². The highest BCUT2D eigenvalue weighted by Crippen LogP contribution is 2.28. The molecule has 2 aliphatic rings. The highest BCUT2D eigenvalue weighted by atomic mass is 32.2. The van der Waals surface area contributed by atoms with Crippen LogP contribution in [0.2, 0.25) is 0 Å². The first-order valence-electron chi connectivity index (χ1n) is 10.3. The molecule has 4 amide bonds. The Morgan fingerprint density at radius 1 is 1.00 bits per heavy atom. The summed E-state index contributed by atoms with van der Waals surface area (Å²) in [6, 6.07) is 16.2. The average Bonchev–Trinajstić information content (AvgIpc) is 3.04. The van der Waals surface area contributed by atoms with E-state index in [0.717, 1.165) is 0 Å². The fourth-order valence-corrected chi connectivity index (χ4v) is 5.50. The third-order valence-electron chi connectivity index (χ3n) is 5.97. The van der Waals surface area contributed by atoms with Crippen molar-refractivity contribution in [1.82, 2.24) is 20.1 Å². The predicted octanol–water partition coefficient (Wildman–Crippen LogP) is 1.59. The van der Waals surface area contributed by atoms with E-state index in [1.54, 1.807) is 55.5 Å². The van der Waals surface area contributed by atoms with Gasteiger partial charge in [0.15, 0.2) is 0 Å². The molecule has 2 aromatic rings. The minimum absolute atomic E-state index is 0.178. The van der Waals surface area contributed by atoms with Crippen LogP contribution in [0.4, 0.5) is 4.79 Å². The maximum Gasteiger partial charge on any atom is 0.344 e. The van der Waals surface area contributed by atoms with Gasteiger partial charge < -0.3 is 5.32 Å². The van der Waals surface area contributed by atoms with Crippen molar-refractivity contribution in [3.63, 3.8) is 0 Å². The van der Waals surface area contributed by atoms with Crippen molar-refractivity contribution in [3.05, 3.63) is 66.2 Å². The number of benzene rings is 2. The number of carbonyl (C=O) groups excluding carboxylic acids is 3. The highest BCUT2D eigenvalue weighted by Gasteiger charge is 2.50. The van der Waals surface area contributed by atoms with Crippen LogP contribution < -0.4 is 10.7 Å². The second kappa shape index (κ2) is 8.36. The lowest BCUT2D eigenvalue weighted by Gasteiger charge is -2.31. The molecule has 0 radical (unpaired) electrons. The molecule has 1 atom stereocenters. The van der Waals surface area contributed by atoms with Gasteiger partial charge in [-0.15, -0.1) is 0 Å². The summed E-state index contributed by atoms with van der Waals surface area (Å²) in [6.45, 7) is 1.94. The van der Waals surface area contributed by atoms with E-state index in [1.807, 2.05) is 0 Å². The van der Waals surface area contributed by atoms with Crippen molar-refractivity contribution in [2.45, 2.75) is 30.2 Å². The second-order valence-corrected chi connectivity index (χ2v) is 9.97. The number of imide groups is 1. The summed E-state index contributed by atoms with van der Waals surface area (Å²) in [5, 5.41) is 3.35. The predicted molar refractivity (Wildman–Crippen MR) is 115 cm³/mol. The van der Waals surface area contributed by atoms with Crippen molar-refractivity contribution < 1.29 is 22.8 Å². The van der Waals surface area contributed by atoms with Crippen LogP contribution in [-0.4, -0.2) is 48.7 Å². The van der Waals surface area contributed by atoms with Crippen LogP contribution in [0.25, 0.3) is 0 Å². The largest absolute Gasteiger partial charge is 0.344 e. The Balaban J connectivity index is 1.39. The Morgan fingerprint density at radius 3 is 2.16 bits per heavy atom. The monoisotopic (exact) mass is 456 g/mol. The molecule has 0 unspecified atom stereocenters. The van der Waals surface area contributed by atoms with Crippen LogP contribution in [0.1, 0.15) is 25.3 Å². The maximum absolute atomic E-state index is 12.9. The summed E-state index contributed by atoms with van der Waals surface area (Å²) in [4.78, 5) is 38.3. The first-order valence-corrected chi connectivity index (χ1v) is 11.8.